The summed E-state index contributed by atoms with van der Waals surface area (Å²) in [6.45, 7) is 4.10. The molecule has 0 saturated carbocycles. The Hall–Kier alpha value is -3.13. The summed E-state index contributed by atoms with van der Waals surface area (Å²) in [4.78, 5) is 28.0. The maximum Gasteiger partial charge on any atom is 0.381 e. The van der Waals surface area contributed by atoms with Gasteiger partial charge in [-0.2, -0.15) is 0 Å². The third-order valence-electron chi connectivity index (χ3n) is 3.84. The fourth-order valence-corrected chi connectivity index (χ4v) is 3.45. The van der Waals surface area contributed by atoms with Crippen LogP contribution in [0.4, 0.5) is 11.5 Å². The average Bonchev–Trinajstić information content (AvgIpc) is 3.08. The Labute approximate surface area is 160 Å². The Morgan fingerprint density at radius 1 is 1.22 bits per heavy atom. The molecular weight excluding hydrogens is 364 g/mol. The molecule has 138 valence electrons. The number of imidazole rings is 1. The van der Waals surface area contributed by atoms with E-state index >= 15 is 0 Å². The lowest BCUT2D eigenvalue weighted by atomic mass is 10.2. The van der Waals surface area contributed by atoms with Crippen molar-refractivity contribution in [2.24, 2.45) is 0 Å². The number of nitrogens with zero attached hydrogens (tertiary/aromatic N) is 3. The minimum absolute atomic E-state index is 0.0418. The molecule has 0 aliphatic carbocycles. The quantitative estimate of drug-likeness (QED) is 0.510. The standard InChI is InChI=1S/C19H18N4O3S/c1-13-3-4-14(2)17(9-13)27-16-7-5-15(6-8-16)21-19(24)11-22-10-18(20-12-22)23(25)26/h3-10,12H,11H2,1-2H3,(H,21,24). The van der Waals surface area contributed by atoms with E-state index in [4.69, 9.17) is 0 Å². The maximum absolute atomic E-state index is 12.1. The molecule has 7 nitrogen and oxygen atoms in total. The molecule has 27 heavy (non-hydrogen) atoms. The van der Waals surface area contributed by atoms with Gasteiger partial charge in [0.15, 0.2) is 0 Å². The first-order chi connectivity index (χ1) is 12.9. The molecule has 2 aromatic carbocycles. The zero-order valence-corrected chi connectivity index (χ0v) is 15.7. The van der Waals surface area contributed by atoms with Crippen LogP contribution in [0.3, 0.4) is 0 Å². The van der Waals surface area contributed by atoms with E-state index in [1.165, 1.54) is 33.1 Å². The fraction of sp³-hybridized carbons (Fsp3) is 0.158. The van der Waals surface area contributed by atoms with Crippen LogP contribution in [-0.2, 0) is 11.3 Å². The van der Waals surface area contributed by atoms with Crippen molar-refractivity contribution in [1.82, 2.24) is 9.55 Å². The first-order valence-corrected chi connectivity index (χ1v) is 9.03. The Kier molecular flexibility index (Phi) is 5.56. The van der Waals surface area contributed by atoms with Crippen LogP contribution in [0.2, 0.25) is 0 Å². The van der Waals surface area contributed by atoms with Crippen molar-refractivity contribution in [1.29, 1.82) is 0 Å². The zero-order chi connectivity index (χ0) is 19.4. The third-order valence-corrected chi connectivity index (χ3v) is 5.01. The summed E-state index contributed by atoms with van der Waals surface area (Å²) in [5.41, 5.74) is 3.10. The minimum Gasteiger partial charge on any atom is -0.358 e. The molecule has 1 aromatic heterocycles. The van der Waals surface area contributed by atoms with E-state index in [0.717, 1.165) is 4.90 Å². The van der Waals surface area contributed by atoms with E-state index in [1.807, 2.05) is 24.3 Å². The van der Waals surface area contributed by atoms with Crippen LogP contribution < -0.4 is 5.32 Å². The highest BCUT2D eigenvalue weighted by Gasteiger charge is 2.12. The van der Waals surface area contributed by atoms with Gasteiger partial charge in [-0.05, 0) is 65.2 Å². The Bertz CT molecular complexity index is 983. The van der Waals surface area contributed by atoms with Gasteiger partial charge in [-0.1, -0.05) is 23.9 Å². The van der Waals surface area contributed by atoms with Crippen molar-refractivity contribution in [3.05, 3.63) is 76.2 Å². The molecule has 1 N–H and O–H groups in total. The third kappa shape index (κ3) is 4.95. The summed E-state index contributed by atoms with van der Waals surface area (Å²) in [7, 11) is 0. The molecule has 0 saturated heterocycles. The molecule has 0 atom stereocenters. The Morgan fingerprint density at radius 3 is 2.63 bits per heavy atom. The monoisotopic (exact) mass is 382 g/mol. The van der Waals surface area contributed by atoms with Gasteiger partial charge in [0.1, 0.15) is 12.7 Å². The van der Waals surface area contributed by atoms with Gasteiger partial charge in [-0.3, -0.25) is 4.79 Å². The van der Waals surface area contributed by atoms with E-state index < -0.39 is 4.92 Å². The average molecular weight is 382 g/mol. The highest BCUT2D eigenvalue weighted by atomic mass is 32.2. The van der Waals surface area contributed by atoms with Gasteiger partial charge < -0.3 is 20.0 Å². The van der Waals surface area contributed by atoms with Gasteiger partial charge >= 0.3 is 5.82 Å². The van der Waals surface area contributed by atoms with Crippen molar-refractivity contribution in [3.63, 3.8) is 0 Å². The second kappa shape index (κ2) is 8.05. The number of anilines is 1. The second-order valence-electron chi connectivity index (χ2n) is 6.10. The number of nitro groups is 1. The van der Waals surface area contributed by atoms with Crippen LogP contribution in [0, 0.1) is 24.0 Å². The lowest BCUT2D eigenvalue weighted by Crippen LogP contribution is -2.17. The maximum atomic E-state index is 12.1. The van der Waals surface area contributed by atoms with E-state index in [-0.39, 0.29) is 18.3 Å². The summed E-state index contributed by atoms with van der Waals surface area (Å²) in [5.74, 6) is -0.562. The summed E-state index contributed by atoms with van der Waals surface area (Å²) in [6.07, 6.45) is 2.49. The molecule has 0 spiro atoms. The molecule has 8 heteroatoms. The van der Waals surface area contributed by atoms with Crippen molar-refractivity contribution < 1.29 is 9.72 Å². The number of hydrogen-bond donors (Lipinski definition) is 1. The Balaban J connectivity index is 1.60. The molecule has 0 unspecified atom stereocenters. The lowest BCUT2D eigenvalue weighted by molar-refractivity contribution is -0.389. The normalized spacial score (nSPS) is 10.6. The van der Waals surface area contributed by atoms with Gasteiger partial charge in [0.05, 0.1) is 0 Å². The highest BCUT2D eigenvalue weighted by molar-refractivity contribution is 7.99. The Morgan fingerprint density at radius 2 is 1.96 bits per heavy atom. The van der Waals surface area contributed by atoms with Crippen LogP contribution in [0.15, 0.2) is 64.8 Å². The van der Waals surface area contributed by atoms with Crippen LogP contribution in [0.5, 0.6) is 0 Å². The van der Waals surface area contributed by atoms with E-state index in [9.17, 15) is 14.9 Å². The number of nitrogens with one attached hydrogen (secondary N) is 1. The van der Waals surface area contributed by atoms with Crippen molar-refractivity contribution in [3.8, 4) is 0 Å². The molecular formula is C19H18N4O3S. The number of amides is 1. The first-order valence-electron chi connectivity index (χ1n) is 8.22. The van der Waals surface area contributed by atoms with E-state index in [0.29, 0.717) is 5.69 Å². The molecule has 0 fully saturated rings. The van der Waals surface area contributed by atoms with Crippen LogP contribution in [-0.4, -0.2) is 20.4 Å². The minimum atomic E-state index is -0.596. The smallest absolute Gasteiger partial charge is 0.358 e. The number of aromatic nitrogens is 2. The molecule has 3 rings (SSSR count). The number of carbonyl (C=O) groups is 1. The zero-order valence-electron chi connectivity index (χ0n) is 14.9. The van der Waals surface area contributed by atoms with E-state index in [2.05, 4.69) is 42.3 Å². The van der Waals surface area contributed by atoms with Crippen LogP contribution in [0.1, 0.15) is 11.1 Å². The SMILES string of the molecule is Cc1ccc(C)c(Sc2ccc(NC(=O)Cn3cnc([N+](=O)[O-])c3)cc2)c1. The van der Waals surface area contributed by atoms with Gasteiger partial charge in [-0.15, -0.1) is 0 Å². The predicted octanol–water partition coefficient (Wildman–Crippen LogP) is 4.20. The van der Waals surface area contributed by atoms with Crippen LogP contribution in [0.25, 0.3) is 0 Å². The van der Waals surface area contributed by atoms with Crippen molar-refractivity contribution in [2.75, 3.05) is 5.32 Å². The summed E-state index contributed by atoms with van der Waals surface area (Å²) >= 11 is 1.68. The van der Waals surface area contributed by atoms with Crippen molar-refractivity contribution in [2.45, 2.75) is 30.2 Å². The van der Waals surface area contributed by atoms with Gasteiger partial charge in [0.25, 0.3) is 0 Å². The number of rotatable bonds is 6. The fourth-order valence-electron chi connectivity index (χ4n) is 2.45. The van der Waals surface area contributed by atoms with Crippen LogP contribution >= 0.6 is 11.8 Å². The topological polar surface area (TPSA) is 90.1 Å². The van der Waals surface area contributed by atoms with Crippen molar-refractivity contribution >= 4 is 29.2 Å². The molecule has 0 aliphatic rings. The summed E-state index contributed by atoms with van der Waals surface area (Å²) < 4.78 is 1.37. The predicted molar refractivity (Wildman–Crippen MR) is 104 cm³/mol. The van der Waals surface area contributed by atoms with Gasteiger partial charge in [-0.25, -0.2) is 0 Å². The second-order valence-corrected chi connectivity index (χ2v) is 7.22. The molecule has 0 radical (unpaired) electrons. The number of hydrogen-bond acceptors (Lipinski definition) is 5. The number of aryl methyl sites for hydroxylation is 2. The first kappa shape index (κ1) is 18.7. The highest BCUT2D eigenvalue weighted by Crippen LogP contribution is 2.31. The molecule has 3 aromatic rings. The molecule has 0 aliphatic heterocycles. The summed E-state index contributed by atoms with van der Waals surface area (Å²) in [6, 6.07) is 13.9. The molecule has 0 bridgehead atoms. The molecule has 1 heterocycles. The number of carbonyl (C=O) groups excluding carboxylic acids is 1. The van der Waals surface area contributed by atoms with E-state index in [1.54, 1.807) is 11.8 Å². The molecule has 1 amide bonds. The lowest BCUT2D eigenvalue weighted by Gasteiger charge is -2.09. The summed E-state index contributed by atoms with van der Waals surface area (Å²) in [5, 5.41) is 13.4. The van der Waals surface area contributed by atoms with Gasteiger partial charge in [0, 0.05) is 15.5 Å². The largest absolute Gasteiger partial charge is 0.381 e. The van der Waals surface area contributed by atoms with Gasteiger partial charge in [0.2, 0.25) is 12.2 Å². The number of benzene rings is 2.